The first-order valence-corrected chi connectivity index (χ1v) is 7.32. The van der Waals surface area contributed by atoms with Crippen molar-refractivity contribution >= 4 is 5.78 Å². The highest BCUT2D eigenvalue weighted by Crippen LogP contribution is 2.32. The molecule has 1 aromatic carbocycles. The average molecular weight is 314 g/mol. The summed E-state index contributed by atoms with van der Waals surface area (Å²) in [5, 5.41) is 0. The molecule has 1 atom stereocenters. The zero-order chi connectivity index (χ0) is 16.1. The van der Waals surface area contributed by atoms with E-state index in [2.05, 4.69) is 4.74 Å². The van der Waals surface area contributed by atoms with Gasteiger partial charge in [-0.1, -0.05) is 13.8 Å². The van der Waals surface area contributed by atoms with Crippen molar-refractivity contribution in [1.29, 1.82) is 0 Å². The van der Waals surface area contributed by atoms with Gasteiger partial charge in [-0.05, 0) is 24.1 Å². The Hall–Kier alpha value is -1.69. The molecule has 1 fully saturated rings. The minimum absolute atomic E-state index is 0.0499. The van der Waals surface area contributed by atoms with Crippen LogP contribution in [0.2, 0.25) is 0 Å². The fraction of sp³-hybridized carbons (Fsp3) is 0.562. The molecule has 6 heteroatoms. The highest BCUT2D eigenvalue weighted by Gasteiger charge is 2.21. The molecule has 1 unspecified atom stereocenters. The molecule has 0 spiro atoms. The number of ketones is 1. The van der Waals surface area contributed by atoms with Gasteiger partial charge in [0.25, 0.3) is 0 Å². The zero-order valence-corrected chi connectivity index (χ0v) is 12.7. The van der Waals surface area contributed by atoms with Gasteiger partial charge in [-0.2, -0.15) is 8.78 Å². The number of benzene rings is 1. The summed E-state index contributed by atoms with van der Waals surface area (Å²) in [6, 6.07) is 4.31. The van der Waals surface area contributed by atoms with Crippen LogP contribution < -0.4 is 9.47 Å². The van der Waals surface area contributed by atoms with E-state index >= 15 is 0 Å². The molecule has 0 saturated carbocycles. The molecule has 0 N–H and O–H groups in total. The lowest BCUT2D eigenvalue weighted by Crippen LogP contribution is -2.17. The van der Waals surface area contributed by atoms with Crippen molar-refractivity contribution in [2.24, 2.45) is 5.92 Å². The van der Waals surface area contributed by atoms with Crippen LogP contribution in [0.3, 0.4) is 0 Å². The van der Waals surface area contributed by atoms with Gasteiger partial charge in [0.15, 0.2) is 17.3 Å². The number of halogens is 2. The van der Waals surface area contributed by atoms with Gasteiger partial charge < -0.3 is 14.2 Å². The predicted octanol–water partition coefficient (Wildman–Crippen LogP) is 3.68. The normalized spacial score (nSPS) is 18.0. The topological polar surface area (TPSA) is 44.8 Å². The quantitative estimate of drug-likeness (QED) is 0.720. The molecule has 4 nitrogen and oxygen atoms in total. The fourth-order valence-electron chi connectivity index (χ4n) is 2.24. The molecular formula is C16H20F2O4. The lowest BCUT2D eigenvalue weighted by atomic mass is 10.0. The highest BCUT2D eigenvalue weighted by molar-refractivity contribution is 5.96. The van der Waals surface area contributed by atoms with Crippen LogP contribution in [0.25, 0.3) is 0 Å². The van der Waals surface area contributed by atoms with E-state index in [-0.39, 0.29) is 29.3 Å². The summed E-state index contributed by atoms with van der Waals surface area (Å²) >= 11 is 0. The van der Waals surface area contributed by atoms with Gasteiger partial charge in [-0.15, -0.1) is 0 Å². The van der Waals surface area contributed by atoms with Crippen molar-refractivity contribution < 1.29 is 27.8 Å². The lowest BCUT2D eigenvalue weighted by molar-refractivity contribution is -0.0521. The van der Waals surface area contributed by atoms with Crippen LogP contribution in [0.15, 0.2) is 18.2 Å². The molecule has 2 rings (SSSR count). The molecular weight excluding hydrogens is 294 g/mol. The van der Waals surface area contributed by atoms with Crippen LogP contribution in [-0.2, 0) is 4.74 Å². The molecule has 1 aliphatic rings. The number of carbonyl (C=O) groups is 1. The van der Waals surface area contributed by atoms with Crippen molar-refractivity contribution in [2.75, 3.05) is 13.2 Å². The smallest absolute Gasteiger partial charge is 0.387 e. The summed E-state index contributed by atoms with van der Waals surface area (Å²) in [4.78, 5) is 12.1. The number of ether oxygens (including phenoxy) is 3. The molecule has 122 valence electrons. The third-order valence-electron chi connectivity index (χ3n) is 3.26. The first kappa shape index (κ1) is 16.7. The van der Waals surface area contributed by atoms with E-state index in [1.54, 1.807) is 0 Å². The summed E-state index contributed by atoms with van der Waals surface area (Å²) in [6.45, 7) is 1.91. The molecule has 0 aromatic heterocycles. The van der Waals surface area contributed by atoms with Gasteiger partial charge in [0.1, 0.15) is 6.10 Å². The molecule has 1 aromatic rings. The Morgan fingerprint density at radius 3 is 2.73 bits per heavy atom. The Labute approximate surface area is 128 Å². The van der Waals surface area contributed by atoms with E-state index in [4.69, 9.17) is 9.47 Å². The fourth-order valence-corrected chi connectivity index (χ4v) is 2.24. The van der Waals surface area contributed by atoms with Crippen LogP contribution in [0.4, 0.5) is 8.78 Å². The van der Waals surface area contributed by atoms with Gasteiger partial charge in [0, 0.05) is 18.4 Å². The van der Waals surface area contributed by atoms with Crippen molar-refractivity contribution in [3.63, 3.8) is 0 Å². The third-order valence-corrected chi connectivity index (χ3v) is 3.26. The maximum absolute atomic E-state index is 12.5. The van der Waals surface area contributed by atoms with Gasteiger partial charge in [-0.3, -0.25) is 4.79 Å². The molecule has 0 bridgehead atoms. The van der Waals surface area contributed by atoms with E-state index < -0.39 is 6.61 Å². The minimum Gasteiger partial charge on any atom is -0.484 e. The van der Waals surface area contributed by atoms with Gasteiger partial charge in [0.2, 0.25) is 0 Å². The number of Topliss-reactive ketones (excluding diaryl/α,β-unsaturated/α-hetero) is 1. The van der Waals surface area contributed by atoms with E-state index in [0.29, 0.717) is 31.6 Å². The van der Waals surface area contributed by atoms with Crippen LogP contribution in [0, 0.1) is 5.92 Å². The summed E-state index contributed by atoms with van der Waals surface area (Å²) in [5.41, 5.74) is 0.434. The summed E-state index contributed by atoms with van der Waals surface area (Å²) in [6.07, 6.45) is 0.856. The van der Waals surface area contributed by atoms with E-state index in [9.17, 15) is 13.6 Å². The maximum atomic E-state index is 12.5. The maximum Gasteiger partial charge on any atom is 0.387 e. The number of carbonyl (C=O) groups excluding carboxylic acids is 1. The first-order chi connectivity index (χ1) is 10.5. The van der Waals surface area contributed by atoms with E-state index in [0.717, 1.165) is 0 Å². The highest BCUT2D eigenvalue weighted by atomic mass is 19.3. The van der Waals surface area contributed by atoms with Crippen LogP contribution in [0.1, 0.15) is 37.0 Å². The van der Waals surface area contributed by atoms with Gasteiger partial charge >= 0.3 is 6.61 Å². The molecule has 22 heavy (non-hydrogen) atoms. The van der Waals surface area contributed by atoms with Gasteiger partial charge in [-0.25, -0.2) is 0 Å². The van der Waals surface area contributed by atoms with Crippen molar-refractivity contribution in [1.82, 2.24) is 0 Å². The van der Waals surface area contributed by atoms with Crippen LogP contribution in [0.5, 0.6) is 11.5 Å². The summed E-state index contributed by atoms with van der Waals surface area (Å²) in [7, 11) is 0. The van der Waals surface area contributed by atoms with Crippen molar-refractivity contribution in [3.8, 4) is 11.5 Å². The second-order valence-corrected chi connectivity index (χ2v) is 5.66. The third kappa shape index (κ3) is 4.66. The largest absolute Gasteiger partial charge is 0.484 e. The second kappa shape index (κ2) is 7.54. The monoisotopic (exact) mass is 314 g/mol. The van der Waals surface area contributed by atoms with Crippen LogP contribution >= 0.6 is 0 Å². The summed E-state index contributed by atoms with van der Waals surface area (Å²) < 4.78 is 40.3. The molecule has 0 amide bonds. The number of hydrogen-bond acceptors (Lipinski definition) is 4. The summed E-state index contributed by atoms with van der Waals surface area (Å²) in [5.74, 6) is 0.261. The zero-order valence-electron chi connectivity index (χ0n) is 12.7. The number of rotatable bonds is 7. The Bertz CT molecular complexity index is 511. The number of alkyl halides is 2. The van der Waals surface area contributed by atoms with Crippen molar-refractivity contribution in [2.45, 2.75) is 39.4 Å². The average Bonchev–Trinajstić information content (AvgIpc) is 2.92. The molecule has 0 aliphatic carbocycles. The Balaban J connectivity index is 2.21. The standard InChI is InChI=1S/C16H20F2O4/c1-10(2)7-13(19)11-3-4-14(22-16(17)18)15(8-11)21-12-5-6-20-9-12/h3-4,8,10,12,16H,5-7,9H2,1-2H3. The Kier molecular flexibility index (Phi) is 5.71. The SMILES string of the molecule is CC(C)CC(=O)c1ccc(OC(F)F)c(OC2CCOC2)c1. The molecule has 1 aliphatic heterocycles. The van der Waals surface area contributed by atoms with E-state index in [1.165, 1.54) is 18.2 Å². The van der Waals surface area contributed by atoms with Gasteiger partial charge in [0.05, 0.1) is 13.2 Å². The van der Waals surface area contributed by atoms with Crippen molar-refractivity contribution in [3.05, 3.63) is 23.8 Å². The lowest BCUT2D eigenvalue weighted by Gasteiger charge is -2.17. The Morgan fingerprint density at radius 2 is 2.14 bits per heavy atom. The number of hydrogen-bond donors (Lipinski definition) is 0. The molecule has 1 saturated heterocycles. The molecule has 1 heterocycles. The van der Waals surface area contributed by atoms with Crippen LogP contribution in [-0.4, -0.2) is 31.7 Å². The second-order valence-electron chi connectivity index (χ2n) is 5.66. The van der Waals surface area contributed by atoms with E-state index in [1.807, 2.05) is 13.8 Å². The Morgan fingerprint density at radius 1 is 1.36 bits per heavy atom. The first-order valence-electron chi connectivity index (χ1n) is 7.32. The molecule has 0 radical (unpaired) electrons. The predicted molar refractivity (Wildman–Crippen MR) is 76.7 cm³/mol. The minimum atomic E-state index is -2.95.